The van der Waals surface area contributed by atoms with Gasteiger partial charge in [-0.15, -0.1) is 0 Å². The molecule has 1 rings (SSSR count). The van der Waals surface area contributed by atoms with Gasteiger partial charge >= 0.3 is 11.9 Å². The largest absolute Gasteiger partial charge is 0.469 e. The smallest absolute Gasteiger partial charge is 0.327 e. The average molecular weight is 296 g/mol. The molecule has 0 aliphatic carbocycles. The minimum Gasteiger partial charge on any atom is -0.469 e. The van der Waals surface area contributed by atoms with Crippen molar-refractivity contribution >= 4 is 23.5 Å². The maximum absolute atomic E-state index is 11.9. The second-order valence-corrected chi connectivity index (χ2v) is 4.68. The number of ether oxygens (including phenoxy) is 2. The number of hydrogen-bond donors (Lipinski definition) is 0. The first-order valence-electron chi connectivity index (χ1n) is 5.78. The average Bonchev–Trinajstić information content (AvgIpc) is 2.45. The molecule has 0 saturated carbocycles. The Kier molecular flexibility index (Phi) is 5.53. The summed E-state index contributed by atoms with van der Waals surface area (Å²) in [5.41, 5.74) is -0.958. The summed E-state index contributed by atoms with van der Waals surface area (Å²) in [5, 5.41) is 9.85. The van der Waals surface area contributed by atoms with Crippen LogP contribution in [0.15, 0.2) is 24.3 Å². The van der Waals surface area contributed by atoms with Crippen LogP contribution in [0.1, 0.15) is 12.0 Å². The molecule has 0 amide bonds. The number of esters is 2. The number of halogens is 1. The Hall–Kier alpha value is -2.06. The van der Waals surface area contributed by atoms with Gasteiger partial charge in [-0.25, -0.2) is 0 Å². The fourth-order valence-corrected chi connectivity index (χ4v) is 2.05. The van der Waals surface area contributed by atoms with E-state index in [1.165, 1.54) is 14.2 Å². The summed E-state index contributed by atoms with van der Waals surface area (Å²) < 4.78 is 9.19. The van der Waals surface area contributed by atoms with Gasteiger partial charge in [0.25, 0.3) is 0 Å². The molecule has 1 atom stereocenters. The van der Waals surface area contributed by atoms with Crippen LogP contribution in [0, 0.1) is 16.7 Å². The first-order valence-corrected chi connectivity index (χ1v) is 6.16. The molecular weight excluding hydrogens is 282 g/mol. The minimum atomic E-state index is -1.62. The molecule has 6 heteroatoms. The molecule has 5 nitrogen and oxygen atoms in total. The van der Waals surface area contributed by atoms with E-state index in [2.05, 4.69) is 9.47 Å². The Balaban J connectivity index is 3.13. The second kappa shape index (κ2) is 6.92. The van der Waals surface area contributed by atoms with Crippen molar-refractivity contribution in [2.45, 2.75) is 12.8 Å². The van der Waals surface area contributed by atoms with Gasteiger partial charge in [0, 0.05) is 11.4 Å². The molecule has 106 valence electrons. The molecule has 0 aliphatic heterocycles. The third kappa shape index (κ3) is 3.72. The lowest BCUT2D eigenvalue weighted by Crippen LogP contribution is -2.36. The Labute approximate surface area is 122 Å². The van der Waals surface area contributed by atoms with E-state index in [1.807, 2.05) is 6.07 Å². The topological polar surface area (TPSA) is 76.4 Å². The molecule has 0 aromatic heterocycles. The fraction of sp³-hybridized carbons (Fsp3) is 0.357. The van der Waals surface area contributed by atoms with Gasteiger partial charge in [-0.2, -0.15) is 5.26 Å². The summed E-state index contributed by atoms with van der Waals surface area (Å²) >= 11 is 5.87. The highest BCUT2D eigenvalue weighted by molar-refractivity contribution is 6.30. The highest BCUT2D eigenvalue weighted by atomic mass is 35.5. The third-order valence-corrected chi connectivity index (χ3v) is 3.09. The van der Waals surface area contributed by atoms with Crippen LogP contribution in [0.2, 0.25) is 5.02 Å². The Bertz CT molecular complexity index is 552. The van der Waals surface area contributed by atoms with Gasteiger partial charge in [-0.05, 0) is 17.7 Å². The van der Waals surface area contributed by atoms with Gasteiger partial charge in [0.15, 0.2) is 5.41 Å². The van der Waals surface area contributed by atoms with Crippen molar-refractivity contribution < 1.29 is 19.1 Å². The predicted octanol–water partition coefficient (Wildman–Crippen LogP) is 2.13. The summed E-state index contributed by atoms with van der Waals surface area (Å²) in [6, 6.07) is 8.62. The molecule has 1 aromatic rings. The summed E-state index contributed by atoms with van der Waals surface area (Å²) in [5.74, 6) is -1.43. The standard InChI is InChI=1S/C14H14ClNO4/c1-19-12(17)8-14(9-16,13(18)20-2)7-10-4-3-5-11(15)6-10/h3-6H,7-8H2,1-2H3. The van der Waals surface area contributed by atoms with Crippen LogP contribution in [-0.4, -0.2) is 26.2 Å². The van der Waals surface area contributed by atoms with E-state index < -0.39 is 17.4 Å². The molecule has 0 spiro atoms. The second-order valence-electron chi connectivity index (χ2n) is 4.25. The number of nitriles is 1. The van der Waals surface area contributed by atoms with Crippen molar-refractivity contribution in [1.29, 1.82) is 5.26 Å². The molecule has 1 aromatic carbocycles. The van der Waals surface area contributed by atoms with Crippen LogP contribution in [-0.2, 0) is 25.5 Å². The highest BCUT2D eigenvalue weighted by Gasteiger charge is 2.43. The molecular formula is C14H14ClNO4. The van der Waals surface area contributed by atoms with Crippen LogP contribution < -0.4 is 0 Å². The summed E-state index contributed by atoms with van der Waals surface area (Å²) in [4.78, 5) is 23.4. The van der Waals surface area contributed by atoms with Crippen molar-refractivity contribution in [2.75, 3.05) is 14.2 Å². The molecule has 0 saturated heterocycles. The van der Waals surface area contributed by atoms with Crippen molar-refractivity contribution in [3.05, 3.63) is 34.9 Å². The zero-order chi connectivity index (χ0) is 15.2. The lowest BCUT2D eigenvalue weighted by molar-refractivity contribution is -0.156. The molecule has 20 heavy (non-hydrogen) atoms. The number of methoxy groups -OCH3 is 2. The lowest BCUT2D eigenvalue weighted by Gasteiger charge is -2.22. The summed E-state index contributed by atoms with van der Waals surface area (Å²) in [6.45, 7) is 0. The first-order chi connectivity index (χ1) is 9.47. The lowest BCUT2D eigenvalue weighted by atomic mass is 9.80. The number of carbonyl (C=O) groups is 2. The monoisotopic (exact) mass is 295 g/mol. The van der Waals surface area contributed by atoms with Crippen molar-refractivity contribution in [3.8, 4) is 6.07 Å². The number of benzene rings is 1. The van der Waals surface area contributed by atoms with Crippen molar-refractivity contribution in [1.82, 2.24) is 0 Å². The van der Waals surface area contributed by atoms with Gasteiger partial charge < -0.3 is 9.47 Å². The van der Waals surface area contributed by atoms with Crippen LogP contribution >= 0.6 is 11.6 Å². The summed E-state index contributed by atoms with van der Waals surface area (Å²) in [6.07, 6.45) is -0.356. The van der Waals surface area contributed by atoms with Crippen molar-refractivity contribution in [3.63, 3.8) is 0 Å². The molecule has 0 N–H and O–H groups in total. The van der Waals surface area contributed by atoms with Gasteiger partial charge in [-0.1, -0.05) is 23.7 Å². The molecule has 0 aliphatic rings. The van der Waals surface area contributed by atoms with E-state index >= 15 is 0 Å². The Morgan fingerprint density at radius 1 is 1.35 bits per heavy atom. The number of rotatable bonds is 5. The van der Waals surface area contributed by atoms with Gasteiger partial charge in [0.1, 0.15) is 0 Å². The SMILES string of the molecule is COC(=O)CC(C#N)(Cc1cccc(Cl)c1)C(=O)OC. The van der Waals surface area contributed by atoms with E-state index in [1.54, 1.807) is 24.3 Å². The maximum Gasteiger partial charge on any atom is 0.327 e. The van der Waals surface area contributed by atoms with Crippen molar-refractivity contribution in [2.24, 2.45) is 5.41 Å². The maximum atomic E-state index is 11.9. The normalized spacial score (nSPS) is 12.9. The van der Waals surface area contributed by atoms with Gasteiger partial charge in [-0.3, -0.25) is 9.59 Å². The van der Waals surface area contributed by atoms with Crippen LogP contribution in [0.3, 0.4) is 0 Å². The minimum absolute atomic E-state index is 0.0197. The summed E-state index contributed by atoms with van der Waals surface area (Å²) in [7, 11) is 2.37. The van der Waals surface area contributed by atoms with E-state index in [4.69, 9.17) is 11.6 Å². The van der Waals surface area contributed by atoms with E-state index in [-0.39, 0.29) is 12.8 Å². The quantitative estimate of drug-likeness (QED) is 0.778. The fourth-order valence-electron chi connectivity index (χ4n) is 1.84. The molecule has 0 radical (unpaired) electrons. The molecule has 0 fully saturated rings. The van der Waals surface area contributed by atoms with Gasteiger partial charge in [0.2, 0.25) is 0 Å². The highest BCUT2D eigenvalue weighted by Crippen LogP contribution is 2.29. The Morgan fingerprint density at radius 2 is 2.05 bits per heavy atom. The predicted molar refractivity (Wildman–Crippen MR) is 71.9 cm³/mol. The zero-order valence-electron chi connectivity index (χ0n) is 11.2. The number of nitrogens with zero attached hydrogens (tertiary/aromatic N) is 1. The molecule has 0 heterocycles. The molecule has 0 bridgehead atoms. The van der Waals surface area contributed by atoms with Crippen LogP contribution in [0.5, 0.6) is 0 Å². The number of hydrogen-bond acceptors (Lipinski definition) is 5. The third-order valence-electron chi connectivity index (χ3n) is 2.86. The Morgan fingerprint density at radius 3 is 2.55 bits per heavy atom. The van der Waals surface area contributed by atoms with E-state index in [0.29, 0.717) is 10.6 Å². The number of carbonyl (C=O) groups excluding carboxylic acids is 2. The van der Waals surface area contributed by atoms with E-state index in [0.717, 1.165) is 0 Å². The van der Waals surface area contributed by atoms with E-state index in [9.17, 15) is 14.9 Å². The van der Waals surface area contributed by atoms with Gasteiger partial charge in [0.05, 0.1) is 26.7 Å². The zero-order valence-corrected chi connectivity index (χ0v) is 11.9. The first kappa shape index (κ1) is 16.0. The van der Waals surface area contributed by atoms with Crippen LogP contribution in [0.4, 0.5) is 0 Å². The molecule has 1 unspecified atom stereocenters. The van der Waals surface area contributed by atoms with Crippen LogP contribution in [0.25, 0.3) is 0 Å².